The Balaban J connectivity index is 1.61. The van der Waals surface area contributed by atoms with Crippen molar-refractivity contribution in [1.29, 1.82) is 0 Å². The van der Waals surface area contributed by atoms with Gasteiger partial charge in [0.1, 0.15) is 30.7 Å². The number of amides is 1. The van der Waals surface area contributed by atoms with Crippen LogP contribution in [0.5, 0.6) is 5.75 Å². The number of ether oxygens (including phenoxy) is 1. The van der Waals surface area contributed by atoms with Crippen LogP contribution < -0.4 is 15.4 Å². The van der Waals surface area contributed by atoms with E-state index in [2.05, 4.69) is 24.5 Å². The molecule has 4 rings (SSSR count). The molecule has 4 unspecified atom stereocenters. The van der Waals surface area contributed by atoms with Crippen molar-refractivity contribution in [1.82, 2.24) is 10.6 Å². The zero-order valence-corrected chi connectivity index (χ0v) is 21.8. The lowest BCUT2D eigenvalue weighted by Gasteiger charge is -2.46. The normalized spacial score (nSPS) is 22.7. The molecule has 0 aliphatic carbocycles. The summed E-state index contributed by atoms with van der Waals surface area (Å²) in [7, 11) is 1.89. The molecule has 1 amide bonds. The molecule has 36 heavy (non-hydrogen) atoms. The van der Waals surface area contributed by atoms with Crippen LogP contribution in [0.4, 0.5) is 4.39 Å². The Morgan fingerprint density at radius 1 is 1.14 bits per heavy atom. The van der Waals surface area contributed by atoms with E-state index in [1.54, 1.807) is 18.2 Å². The fourth-order valence-corrected chi connectivity index (χ4v) is 5.32. The fraction of sp³-hybridized carbons (Fsp3) is 0.345. The largest absolute Gasteiger partial charge is 0.479 e. The smallest absolute Gasteiger partial charge is 0.351 e. The summed E-state index contributed by atoms with van der Waals surface area (Å²) in [5.74, 6) is 0.336. The van der Waals surface area contributed by atoms with Gasteiger partial charge < -0.3 is 15.4 Å². The third-order valence-corrected chi connectivity index (χ3v) is 7.37. The minimum absolute atomic E-state index is 0.00166. The van der Waals surface area contributed by atoms with E-state index in [1.165, 1.54) is 12.1 Å². The molecule has 7 heteroatoms. The summed E-state index contributed by atoms with van der Waals surface area (Å²) in [5, 5.41) is 7.42. The van der Waals surface area contributed by atoms with E-state index in [0.717, 1.165) is 23.2 Å². The Bertz CT molecular complexity index is 1170. The SMILES string of the molecule is CNC(c1ccccc1)c1cc(Cl)ccc1OCC(=O)[N+]1(Cc2ccc(F)cc2)CC(C)NCC1C. The number of quaternary nitrogens is 1. The Morgan fingerprint density at radius 3 is 2.56 bits per heavy atom. The molecule has 0 radical (unpaired) electrons. The number of carbonyl (C=O) groups is 1. The van der Waals surface area contributed by atoms with E-state index >= 15 is 0 Å². The number of nitrogens with zero attached hydrogens (tertiary/aromatic N) is 1. The summed E-state index contributed by atoms with van der Waals surface area (Å²) in [4.78, 5) is 13.9. The predicted octanol–water partition coefficient (Wildman–Crippen LogP) is 5.09. The highest BCUT2D eigenvalue weighted by atomic mass is 35.5. The Labute approximate surface area is 217 Å². The number of hydrogen-bond donors (Lipinski definition) is 2. The topological polar surface area (TPSA) is 50.4 Å². The van der Waals surface area contributed by atoms with Gasteiger partial charge in [0.25, 0.3) is 0 Å². The highest BCUT2D eigenvalue weighted by molar-refractivity contribution is 6.30. The van der Waals surface area contributed by atoms with Gasteiger partial charge in [-0.05, 0) is 56.8 Å². The molecule has 1 aliphatic rings. The summed E-state index contributed by atoms with van der Waals surface area (Å²) < 4.78 is 20.0. The van der Waals surface area contributed by atoms with Gasteiger partial charge in [0, 0.05) is 22.7 Å². The molecule has 1 aliphatic heterocycles. The molecule has 0 spiro atoms. The summed E-state index contributed by atoms with van der Waals surface area (Å²) in [5.41, 5.74) is 2.87. The highest BCUT2D eigenvalue weighted by Crippen LogP contribution is 2.33. The van der Waals surface area contributed by atoms with Crippen molar-refractivity contribution in [3.8, 4) is 5.75 Å². The van der Waals surface area contributed by atoms with Crippen LogP contribution in [0.25, 0.3) is 0 Å². The second-order valence-corrected chi connectivity index (χ2v) is 10.1. The van der Waals surface area contributed by atoms with Crippen LogP contribution in [0, 0.1) is 5.82 Å². The first-order valence-corrected chi connectivity index (χ1v) is 12.7. The van der Waals surface area contributed by atoms with Crippen LogP contribution >= 0.6 is 11.6 Å². The van der Waals surface area contributed by atoms with Crippen LogP contribution in [-0.4, -0.2) is 49.2 Å². The zero-order valence-electron chi connectivity index (χ0n) is 21.0. The third-order valence-electron chi connectivity index (χ3n) is 7.14. The van der Waals surface area contributed by atoms with Gasteiger partial charge in [0.2, 0.25) is 6.61 Å². The number of halogens is 2. The van der Waals surface area contributed by atoms with Crippen molar-refractivity contribution in [2.75, 3.05) is 26.7 Å². The van der Waals surface area contributed by atoms with Crippen LogP contribution in [0.15, 0.2) is 72.8 Å². The van der Waals surface area contributed by atoms with Crippen LogP contribution in [0.3, 0.4) is 0 Å². The molecular formula is C29H34ClFN3O2+. The average molecular weight is 511 g/mol. The van der Waals surface area contributed by atoms with Gasteiger partial charge in [-0.25, -0.2) is 13.7 Å². The zero-order chi connectivity index (χ0) is 25.7. The predicted molar refractivity (Wildman–Crippen MR) is 141 cm³/mol. The Hall–Kier alpha value is -2.77. The van der Waals surface area contributed by atoms with Crippen molar-refractivity contribution in [2.45, 2.75) is 38.5 Å². The van der Waals surface area contributed by atoms with E-state index in [-0.39, 0.29) is 40.9 Å². The maximum atomic E-state index is 13.9. The number of benzene rings is 3. The molecule has 0 bridgehead atoms. The molecule has 0 aromatic heterocycles. The van der Waals surface area contributed by atoms with Gasteiger partial charge in [-0.3, -0.25) is 0 Å². The van der Waals surface area contributed by atoms with E-state index in [1.807, 2.05) is 49.5 Å². The van der Waals surface area contributed by atoms with Gasteiger partial charge >= 0.3 is 5.91 Å². The van der Waals surface area contributed by atoms with Crippen molar-refractivity contribution in [3.63, 3.8) is 0 Å². The summed E-state index contributed by atoms with van der Waals surface area (Å²) >= 11 is 6.36. The van der Waals surface area contributed by atoms with Gasteiger partial charge in [-0.2, -0.15) is 0 Å². The van der Waals surface area contributed by atoms with Crippen molar-refractivity contribution >= 4 is 17.5 Å². The fourth-order valence-electron chi connectivity index (χ4n) is 5.14. The monoisotopic (exact) mass is 510 g/mol. The number of nitrogens with one attached hydrogen (secondary N) is 2. The van der Waals surface area contributed by atoms with Crippen LogP contribution in [0.2, 0.25) is 5.02 Å². The first-order chi connectivity index (χ1) is 17.3. The lowest BCUT2D eigenvalue weighted by Crippen LogP contribution is -2.69. The molecule has 4 atom stereocenters. The van der Waals surface area contributed by atoms with E-state index < -0.39 is 0 Å². The molecule has 0 saturated carbocycles. The maximum Gasteiger partial charge on any atom is 0.351 e. The number of hydrogen-bond acceptors (Lipinski definition) is 4. The average Bonchev–Trinajstić information content (AvgIpc) is 2.88. The summed E-state index contributed by atoms with van der Waals surface area (Å²) in [6.07, 6.45) is 0. The molecule has 1 saturated heterocycles. The van der Waals surface area contributed by atoms with E-state index in [4.69, 9.17) is 16.3 Å². The number of piperazine rings is 1. The second-order valence-electron chi connectivity index (χ2n) is 9.66. The first-order valence-electron chi connectivity index (χ1n) is 12.3. The van der Waals surface area contributed by atoms with Crippen molar-refractivity contribution < 1.29 is 18.4 Å². The third kappa shape index (κ3) is 5.79. The molecule has 1 heterocycles. The molecule has 1 fully saturated rings. The Morgan fingerprint density at radius 2 is 1.86 bits per heavy atom. The van der Waals surface area contributed by atoms with E-state index in [0.29, 0.717) is 23.9 Å². The minimum Gasteiger partial charge on any atom is -0.479 e. The quantitative estimate of drug-likeness (QED) is 0.414. The van der Waals surface area contributed by atoms with Crippen molar-refractivity contribution in [3.05, 3.63) is 100 Å². The molecule has 3 aromatic carbocycles. The number of rotatable bonds is 8. The first kappa shape index (κ1) is 26.3. The standard InChI is InChI=1S/C29H34ClFN3O2/c1-20-17-34(21(2)16-33-20,18-22-9-12-25(31)13-10-22)28(35)19-36-27-14-11-24(30)15-26(27)29(32-3)23-7-5-4-6-8-23/h4-15,20-21,29,32-33H,16-19H2,1-3H3/q+1. The molecule has 5 nitrogen and oxygen atoms in total. The summed E-state index contributed by atoms with van der Waals surface area (Å²) in [6, 6.07) is 22.0. The second kappa shape index (κ2) is 11.5. The van der Waals surface area contributed by atoms with Crippen LogP contribution in [0.1, 0.15) is 36.6 Å². The molecule has 3 aromatic rings. The molecule has 2 N–H and O–H groups in total. The lowest BCUT2D eigenvalue weighted by atomic mass is 9.98. The molecular weight excluding hydrogens is 477 g/mol. The van der Waals surface area contributed by atoms with E-state index in [9.17, 15) is 9.18 Å². The van der Waals surface area contributed by atoms with Crippen molar-refractivity contribution in [2.24, 2.45) is 0 Å². The highest BCUT2D eigenvalue weighted by Gasteiger charge is 2.46. The number of carbonyl (C=O) groups excluding carboxylic acids is 1. The van der Waals surface area contributed by atoms with Gasteiger partial charge in [0.05, 0.1) is 12.1 Å². The lowest BCUT2D eigenvalue weighted by molar-refractivity contribution is -0.895. The van der Waals surface area contributed by atoms with Gasteiger partial charge in [0.15, 0.2) is 0 Å². The maximum absolute atomic E-state index is 13.9. The minimum atomic E-state index is -0.283. The van der Waals surface area contributed by atoms with Crippen LogP contribution in [-0.2, 0) is 11.3 Å². The van der Waals surface area contributed by atoms with Gasteiger partial charge in [-0.1, -0.05) is 54.1 Å². The Kier molecular flexibility index (Phi) is 8.42. The van der Waals surface area contributed by atoms with Gasteiger partial charge in [-0.15, -0.1) is 0 Å². The molecule has 190 valence electrons. The summed E-state index contributed by atoms with van der Waals surface area (Å²) in [6.45, 7) is 5.95.